The van der Waals surface area contributed by atoms with Gasteiger partial charge in [-0.1, -0.05) is 72.8 Å². The third kappa shape index (κ3) is 5.28. The molecule has 0 amide bonds. The molecule has 0 fully saturated rings. The van der Waals surface area contributed by atoms with Crippen molar-refractivity contribution in [2.45, 2.75) is 50.6 Å². The summed E-state index contributed by atoms with van der Waals surface area (Å²) in [4.78, 5) is 17.5. The molecule has 4 heterocycles. The Hall–Kier alpha value is -5.31. The van der Waals surface area contributed by atoms with Gasteiger partial charge in [0, 0.05) is 51.0 Å². The van der Waals surface area contributed by atoms with E-state index in [4.69, 9.17) is 0 Å². The summed E-state index contributed by atoms with van der Waals surface area (Å²) in [6.07, 6.45) is 3.30. The van der Waals surface area contributed by atoms with E-state index in [-0.39, 0.29) is 11.1 Å². The van der Waals surface area contributed by atoms with Gasteiger partial charge in [-0.05, 0) is 58.0 Å². The quantitative estimate of drug-likeness (QED) is 0.173. The molecule has 0 unspecified atom stereocenters. The van der Waals surface area contributed by atoms with Gasteiger partial charge < -0.3 is 0 Å². The number of para-hydroxylation sites is 2. The summed E-state index contributed by atoms with van der Waals surface area (Å²) >= 11 is 0. The van der Waals surface area contributed by atoms with E-state index >= 15 is 0 Å². The molecule has 4 aromatic carbocycles. The number of fused-ring (bicyclic) bond motifs is 4. The van der Waals surface area contributed by atoms with E-state index in [1.54, 1.807) is 30.6 Å². The number of alkyl halides is 4. The summed E-state index contributed by atoms with van der Waals surface area (Å²) in [5, 5.41) is 1.83. The maximum Gasteiger partial charge on any atom is 0.300 e. The van der Waals surface area contributed by atoms with Gasteiger partial charge >= 0.3 is 5.92 Å². The summed E-state index contributed by atoms with van der Waals surface area (Å²) in [7, 11) is 0. The second kappa shape index (κ2) is 11.4. The lowest BCUT2D eigenvalue weighted by Crippen LogP contribution is -2.44. The van der Waals surface area contributed by atoms with Gasteiger partial charge in [-0.25, -0.2) is 4.39 Å². The lowest BCUT2D eigenvalue weighted by Gasteiger charge is -2.37. The van der Waals surface area contributed by atoms with E-state index in [9.17, 15) is 22.0 Å². The van der Waals surface area contributed by atoms with Crippen molar-refractivity contribution >= 4 is 33.2 Å². The normalized spacial score (nSPS) is 18.0. The second-order valence-electron chi connectivity index (χ2n) is 13.2. The number of benzene rings is 4. The summed E-state index contributed by atoms with van der Waals surface area (Å²) in [5.74, 6) is -7.34. The van der Waals surface area contributed by atoms with Crippen molar-refractivity contribution in [3.8, 4) is 0 Å². The predicted octanol–water partition coefficient (Wildman–Crippen LogP) is 10.1. The average Bonchev–Trinajstić information content (AvgIpc) is 3.08. The molecular weight excluding hydrogens is 631 g/mol. The lowest BCUT2D eigenvalue weighted by atomic mass is 9.81. The van der Waals surface area contributed by atoms with Crippen LogP contribution in [0.25, 0.3) is 21.8 Å². The minimum absolute atomic E-state index is 0.0214. The topological polar surface area (TPSA) is 50.5 Å². The van der Waals surface area contributed by atoms with Crippen LogP contribution in [0.1, 0.15) is 61.1 Å². The molecular formula is C40H31F5N4. The Balaban J connectivity index is 0.000000154. The molecule has 2 aromatic heterocycles. The van der Waals surface area contributed by atoms with E-state index in [0.29, 0.717) is 22.6 Å². The summed E-state index contributed by atoms with van der Waals surface area (Å²) in [5.41, 5.74) is 0.655. The van der Waals surface area contributed by atoms with Crippen LogP contribution in [0, 0.1) is 5.82 Å². The Morgan fingerprint density at radius 3 is 1.57 bits per heavy atom. The number of nitrogens with zero attached hydrogens (tertiary/aromatic N) is 4. The highest BCUT2D eigenvalue weighted by molar-refractivity contribution is 6.16. The van der Waals surface area contributed by atoms with Gasteiger partial charge in [-0.2, -0.15) is 17.6 Å². The fourth-order valence-electron chi connectivity index (χ4n) is 6.30. The van der Waals surface area contributed by atoms with Crippen LogP contribution in [0.3, 0.4) is 0 Å². The van der Waals surface area contributed by atoms with Gasteiger partial charge in [0.15, 0.2) is 0 Å². The Morgan fingerprint density at radius 1 is 0.510 bits per heavy atom. The number of aromatic nitrogens is 2. The van der Waals surface area contributed by atoms with E-state index in [0.717, 1.165) is 33.4 Å². The van der Waals surface area contributed by atoms with Crippen LogP contribution < -0.4 is 0 Å². The summed E-state index contributed by atoms with van der Waals surface area (Å²) in [6, 6.07) is 29.6. The second-order valence-corrected chi connectivity index (χ2v) is 13.2. The molecule has 0 bridgehead atoms. The van der Waals surface area contributed by atoms with Gasteiger partial charge in [0.1, 0.15) is 16.9 Å². The molecule has 0 N–H and O–H groups in total. The highest BCUT2D eigenvalue weighted by Crippen LogP contribution is 2.48. The van der Waals surface area contributed by atoms with Crippen molar-refractivity contribution in [3.63, 3.8) is 0 Å². The van der Waals surface area contributed by atoms with Crippen molar-refractivity contribution in [1.29, 1.82) is 0 Å². The Labute approximate surface area is 280 Å². The first-order valence-corrected chi connectivity index (χ1v) is 15.8. The first-order valence-electron chi connectivity index (χ1n) is 15.8. The average molecular weight is 663 g/mol. The van der Waals surface area contributed by atoms with Crippen molar-refractivity contribution in [3.05, 3.63) is 155 Å². The first kappa shape index (κ1) is 32.2. The monoisotopic (exact) mass is 662 g/mol. The zero-order valence-electron chi connectivity index (χ0n) is 27.1. The summed E-state index contributed by atoms with van der Waals surface area (Å²) < 4.78 is 73.5. The van der Waals surface area contributed by atoms with Crippen LogP contribution in [0.5, 0.6) is 0 Å². The SMILES string of the molecule is CC1(C)N=C(c2cnc3ccccc3c2)c2cccc(F)c2C1(F)F.CC1(C)N=C(c2cnc3ccccc3c2)c2ccccc2C1(F)F. The van der Waals surface area contributed by atoms with Crippen molar-refractivity contribution in [1.82, 2.24) is 9.97 Å². The number of pyridine rings is 2. The van der Waals surface area contributed by atoms with Crippen molar-refractivity contribution in [2.24, 2.45) is 9.98 Å². The van der Waals surface area contributed by atoms with Gasteiger partial charge in [-0.15, -0.1) is 0 Å². The number of halogens is 5. The minimum Gasteiger partial charge on any atom is -0.271 e. The lowest BCUT2D eigenvalue weighted by molar-refractivity contribution is -0.0710. The highest BCUT2D eigenvalue weighted by atomic mass is 19.3. The molecule has 49 heavy (non-hydrogen) atoms. The van der Waals surface area contributed by atoms with E-state index in [2.05, 4.69) is 20.0 Å². The summed E-state index contributed by atoms with van der Waals surface area (Å²) in [6.45, 7) is 5.57. The Morgan fingerprint density at radius 2 is 0.980 bits per heavy atom. The highest BCUT2D eigenvalue weighted by Gasteiger charge is 2.55. The maximum atomic E-state index is 14.8. The van der Waals surface area contributed by atoms with Gasteiger partial charge in [0.2, 0.25) is 0 Å². The van der Waals surface area contributed by atoms with Crippen LogP contribution in [0.2, 0.25) is 0 Å². The largest absolute Gasteiger partial charge is 0.300 e. The van der Waals surface area contributed by atoms with Crippen LogP contribution in [0.4, 0.5) is 22.0 Å². The van der Waals surface area contributed by atoms with Gasteiger partial charge in [-0.3, -0.25) is 20.0 Å². The van der Waals surface area contributed by atoms with Crippen molar-refractivity contribution < 1.29 is 22.0 Å². The molecule has 246 valence electrons. The zero-order chi connectivity index (χ0) is 34.8. The van der Waals surface area contributed by atoms with Crippen LogP contribution in [-0.4, -0.2) is 32.5 Å². The molecule has 0 aliphatic carbocycles. The smallest absolute Gasteiger partial charge is 0.271 e. The molecule has 9 heteroatoms. The van der Waals surface area contributed by atoms with Crippen LogP contribution in [-0.2, 0) is 11.8 Å². The number of rotatable bonds is 2. The zero-order valence-corrected chi connectivity index (χ0v) is 27.1. The molecule has 2 aliphatic rings. The van der Waals surface area contributed by atoms with Crippen LogP contribution >= 0.6 is 0 Å². The van der Waals surface area contributed by atoms with E-state index in [1.807, 2.05) is 60.7 Å². The fourth-order valence-corrected chi connectivity index (χ4v) is 6.30. The molecule has 0 saturated heterocycles. The number of hydrogen-bond donors (Lipinski definition) is 0. The standard InChI is InChI=1S/C20H15F3N2.C20H16F2N2/c1-19(2)20(22,23)17-14(7-5-8-15(17)21)18(25-19)13-10-12-6-3-4-9-16(12)24-11-13;1-19(2)20(21,22)16-9-5-4-8-15(16)18(24-19)14-11-13-7-3-6-10-17(13)23-12-14/h3-11H,1-2H3;3-12H,1-2H3. The van der Waals surface area contributed by atoms with Crippen molar-refractivity contribution in [2.75, 3.05) is 0 Å². The Kier molecular flexibility index (Phi) is 7.50. The molecule has 0 radical (unpaired) electrons. The molecule has 2 aliphatic heterocycles. The fraction of sp³-hybridized carbons (Fsp3) is 0.200. The first-order chi connectivity index (χ1) is 23.2. The third-order valence-corrected chi connectivity index (χ3v) is 9.15. The maximum absolute atomic E-state index is 14.8. The van der Waals surface area contributed by atoms with E-state index in [1.165, 1.54) is 45.9 Å². The minimum atomic E-state index is -3.40. The molecule has 8 rings (SSSR count). The predicted molar refractivity (Wildman–Crippen MR) is 184 cm³/mol. The molecule has 0 spiro atoms. The molecule has 6 aromatic rings. The van der Waals surface area contributed by atoms with Gasteiger partial charge in [0.25, 0.3) is 5.92 Å². The van der Waals surface area contributed by atoms with E-state index < -0.39 is 34.3 Å². The Bertz CT molecular complexity index is 2320. The van der Waals surface area contributed by atoms with Gasteiger partial charge in [0.05, 0.1) is 28.0 Å². The third-order valence-electron chi connectivity index (χ3n) is 9.15. The number of aliphatic imine (C=N–C) groups is 2. The van der Waals surface area contributed by atoms with Crippen LogP contribution in [0.15, 0.2) is 126 Å². The molecule has 4 nitrogen and oxygen atoms in total. The molecule has 0 saturated carbocycles. The number of hydrogen-bond acceptors (Lipinski definition) is 4. The molecule has 0 atom stereocenters.